The van der Waals surface area contributed by atoms with E-state index in [-0.39, 0.29) is 23.1 Å². The number of benzene rings is 1. The second-order valence-electron chi connectivity index (χ2n) is 6.35. The maximum atomic E-state index is 12.0. The number of carbonyl (C=O) groups is 1. The van der Waals surface area contributed by atoms with Gasteiger partial charge in [-0.15, -0.1) is 0 Å². The van der Waals surface area contributed by atoms with Crippen LogP contribution in [0.3, 0.4) is 0 Å². The van der Waals surface area contributed by atoms with Gasteiger partial charge < -0.3 is 5.11 Å². The Bertz CT molecular complexity index is 649. The van der Waals surface area contributed by atoms with Crippen molar-refractivity contribution in [1.29, 1.82) is 0 Å². The minimum atomic E-state index is -2.94. The summed E-state index contributed by atoms with van der Waals surface area (Å²) in [6.45, 7) is 1.48. The summed E-state index contributed by atoms with van der Waals surface area (Å²) in [7, 11) is -2.94. The zero-order chi connectivity index (χ0) is 15.7. The largest absolute Gasteiger partial charge is 0.478 e. The van der Waals surface area contributed by atoms with Crippen LogP contribution in [0.5, 0.6) is 0 Å². The molecule has 2 fully saturated rings. The van der Waals surface area contributed by atoms with Crippen LogP contribution >= 0.6 is 0 Å². The summed E-state index contributed by atoms with van der Waals surface area (Å²) >= 11 is 0. The van der Waals surface area contributed by atoms with E-state index in [2.05, 4.69) is 4.90 Å². The molecule has 6 heteroatoms. The molecule has 1 saturated carbocycles. The molecule has 0 radical (unpaired) electrons. The maximum Gasteiger partial charge on any atom is 0.335 e. The molecule has 0 amide bonds. The molecule has 1 atom stereocenters. The summed E-state index contributed by atoms with van der Waals surface area (Å²) in [6, 6.07) is 6.99. The third-order valence-electron chi connectivity index (χ3n) is 4.55. The van der Waals surface area contributed by atoms with Crippen molar-refractivity contribution < 1.29 is 18.3 Å². The predicted octanol–water partition coefficient (Wildman–Crippen LogP) is 1.78. The van der Waals surface area contributed by atoms with E-state index in [1.54, 1.807) is 12.1 Å². The normalized spacial score (nSPS) is 25.5. The fourth-order valence-electron chi connectivity index (χ4n) is 3.20. The van der Waals surface area contributed by atoms with E-state index in [0.717, 1.165) is 24.9 Å². The van der Waals surface area contributed by atoms with Crippen LogP contribution in [0.25, 0.3) is 0 Å². The number of hydrogen-bond donors (Lipinski definition) is 1. The average molecular weight is 323 g/mol. The molecule has 1 heterocycles. The van der Waals surface area contributed by atoms with E-state index in [4.69, 9.17) is 5.11 Å². The van der Waals surface area contributed by atoms with Gasteiger partial charge in [-0.3, -0.25) is 4.90 Å². The van der Waals surface area contributed by atoms with Crippen molar-refractivity contribution >= 4 is 15.8 Å². The molecule has 1 aromatic carbocycles. The molecule has 1 N–H and O–H groups in total. The smallest absolute Gasteiger partial charge is 0.335 e. The highest BCUT2D eigenvalue weighted by Crippen LogP contribution is 2.37. The lowest BCUT2D eigenvalue weighted by Gasteiger charge is -2.29. The molecule has 22 heavy (non-hydrogen) atoms. The van der Waals surface area contributed by atoms with Gasteiger partial charge >= 0.3 is 5.97 Å². The molecule has 1 unspecified atom stereocenters. The molecular formula is C16H21NO4S. The van der Waals surface area contributed by atoms with Crippen molar-refractivity contribution in [1.82, 2.24) is 4.90 Å². The third kappa shape index (κ3) is 3.67. The number of carboxylic acids is 1. The minimum absolute atomic E-state index is 0.117. The fourth-order valence-corrected chi connectivity index (χ4v) is 4.94. The van der Waals surface area contributed by atoms with E-state index in [1.807, 2.05) is 12.1 Å². The average Bonchev–Trinajstić information content (AvgIpc) is 3.28. The first-order valence-corrected chi connectivity index (χ1v) is 9.53. The Balaban J connectivity index is 1.75. The first kappa shape index (κ1) is 15.5. The van der Waals surface area contributed by atoms with Crippen LogP contribution in [-0.4, -0.2) is 48.5 Å². The van der Waals surface area contributed by atoms with Gasteiger partial charge in [0, 0.05) is 12.6 Å². The number of aromatic carboxylic acids is 1. The Labute approximate surface area is 130 Å². The van der Waals surface area contributed by atoms with Gasteiger partial charge in [0.2, 0.25) is 0 Å². The first-order valence-electron chi connectivity index (χ1n) is 7.71. The van der Waals surface area contributed by atoms with E-state index in [1.165, 1.54) is 0 Å². The monoisotopic (exact) mass is 323 g/mol. The van der Waals surface area contributed by atoms with Gasteiger partial charge in [-0.25, -0.2) is 13.2 Å². The minimum Gasteiger partial charge on any atom is -0.478 e. The van der Waals surface area contributed by atoms with Gasteiger partial charge in [0.25, 0.3) is 0 Å². The van der Waals surface area contributed by atoms with Crippen molar-refractivity contribution in [2.45, 2.75) is 31.8 Å². The van der Waals surface area contributed by atoms with Gasteiger partial charge in [-0.1, -0.05) is 12.1 Å². The fraction of sp³-hybridized carbons (Fsp3) is 0.562. The van der Waals surface area contributed by atoms with Gasteiger partial charge in [0.15, 0.2) is 9.84 Å². The van der Waals surface area contributed by atoms with Gasteiger partial charge in [0.05, 0.1) is 17.1 Å². The van der Waals surface area contributed by atoms with Crippen LogP contribution in [0.4, 0.5) is 0 Å². The molecule has 0 bridgehead atoms. The van der Waals surface area contributed by atoms with Crippen molar-refractivity contribution in [3.63, 3.8) is 0 Å². The molecule has 3 rings (SSSR count). The van der Waals surface area contributed by atoms with Crippen LogP contribution in [0.1, 0.15) is 35.2 Å². The summed E-state index contributed by atoms with van der Waals surface area (Å²) in [5.41, 5.74) is 1.32. The summed E-state index contributed by atoms with van der Waals surface area (Å²) in [5, 5.41) is 8.94. The molecule has 0 aromatic heterocycles. The Morgan fingerprint density at radius 2 is 1.91 bits per heavy atom. The highest BCUT2D eigenvalue weighted by atomic mass is 32.2. The molecule has 0 spiro atoms. The second-order valence-corrected chi connectivity index (χ2v) is 8.57. The zero-order valence-corrected chi connectivity index (χ0v) is 13.3. The molecule has 1 aliphatic heterocycles. The van der Waals surface area contributed by atoms with Crippen LogP contribution in [0.15, 0.2) is 24.3 Å². The summed E-state index contributed by atoms with van der Waals surface area (Å²) in [5.74, 6) is 0.129. The van der Waals surface area contributed by atoms with Crippen molar-refractivity contribution in [2.75, 3.05) is 18.1 Å². The van der Waals surface area contributed by atoms with Gasteiger partial charge in [0.1, 0.15) is 0 Å². The standard InChI is InChI=1S/C16H21NO4S/c18-16(19)14-4-2-12(3-5-14)10-17-8-1-9-22(20,21)11-15(17)13-6-7-13/h2-5,13,15H,1,6-11H2,(H,18,19). The molecule has 1 aliphatic carbocycles. The lowest BCUT2D eigenvalue weighted by Crippen LogP contribution is -2.39. The van der Waals surface area contributed by atoms with Crippen molar-refractivity contribution in [3.8, 4) is 0 Å². The van der Waals surface area contributed by atoms with Gasteiger partial charge in [-0.2, -0.15) is 0 Å². The molecule has 5 nitrogen and oxygen atoms in total. The number of nitrogens with zero attached hydrogens (tertiary/aromatic N) is 1. The number of sulfone groups is 1. The molecular weight excluding hydrogens is 302 g/mol. The SMILES string of the molecule is O=C(O)c1ccc(CN2CCCS(=O)(=O)CC2C2CC2)cc1. The molecule has 2 aliphatic rings. The summed E-state index contributed by atoms with van der Waals surface area (Å²) in [4.78, 5) is 13.2. The van der Waals surface area contributed by atoms with Crippen LogP contribution in [-0.2, 0) is 16.4 Å². The Hall–Kier alpha value is -1.40. The summed E-state index contributed by atoms with van der Waals surface area (Å²) < 4.78 is 24.1. The topological polar surface area (TPSA) is 74.7 Å². The molecule has 1 aromatic rings. The Morgan fingerprint density at radius 1 is 1.23 bits per heavy atom. The van der Waals surface area contributed by atoms with Crippen LogP contribution in [0, 0.1) is 5.92 Å². The van der Waals surface area contributed by atoms with E-state index >= 15 is 0 Å². The molecule has 120 valence electrons. The summed E-state index contributed by atoms with van der Waals surface area (Å²) in [6.07, 6.45) is 2.92. The van der Waals surface area contributed by atoms with Crippen molar-refractivity contribution in [2.24, 2.45) is 5.92 Å². The Kier molecular flexibility index (Phi) is 4.23. The predicted molar refractivity (Wildman–Crippen MR) is 83.6 cm³/mol. The van der Waals surface area contributed by atoms with Gasteiger partial charge in [-0.05, 0) is 49.4 Å². The number of hydrogen-bond acceptors (Lipinski definition) is 4. The maximum absolute atomic E-state index is 12.0. The number of carboxylic acid groups (broad SMARTS) is 1. The highest BCUT2D eigenvalue weighted by Gasteiger charge is 2.39. The quantitative estimate of drug-likeness (QED) is 0.914. The molecule has 1 saturated heterocycles. The Morgan fingerprint density at radius 3 is 2.50 bits per heavy atom. The highest BCUT2D eigenvalue weighted by molar-refractivity contribution is 7.91. The van der Waals surface area contributed by atoms with E-state index in [9.17, 15) is 13.2 Å². The van der Waals surface area contributed by atoms with E-state index < -0.39 is 15.8 Å². The van der Waals surface area contributed by atoms with Crippen LogP contribution in [0.2, 0.25) is 0 Å². The third-order valence-corrected chi connectivity index (χ3v) is 6.31. The van der Waals surface area contributed by atoms with Crippen molar-refractivity contribution in [3.05, 3.63) is 35.4 Å². The second kappa shape index (κ2) is 6.01. The van der Waals surface area contributed by atoms with Crippen LogP contribution < -0.4 is 0 Å². The number of rotatable bonds is 4. The van der Waals surface area contributed by atoms with E-state index in [0.29, 0.717) is 18.9 Å². The zero-order valence-electron chi connectivity index (χ0n) is 12.4. The lowest BCUT2D eigenvalue weighted by atomic mass is 10.1. The lowest BCUT2D eigenvalue weighted by molar-refractivity contribution is 0.0697. The first-order chi connectivity index (χ1) is 10.4.